The Bertz CT molecular complexity index is 399. The summed E-state index contributed by atoms with van der Waals surface area (Å²) in [4.78, 5) is 11.9. The van der Waals surface area contributed by atoms with E-state index in [0.29, 0.717) is 17.5 Å². The van der Waals surface area contributed by atoms with Crippen LogP contribution in [-0.4, -0.2) is 11.5 Å². The molecule has 1 aromatic carbocycles. The monoisotopic (exact) mass is 262 g/mol. The minimum atomic E-state index is 0.372. The fraction of sp³-hybridized carbons (Fsp3) is 0.562. The molecule has 0 spiro atoms. The van der Waals surface area contributed by atoms with E-state index < -0.39 is 0 Å². The highest BCUT2D eigenvalue weighted by Gasteiger charge is 2.21. The third-order valence-corrected chi connectivity index (χ3v) is 4.63. The molecule has 1 aliphatic carbocycles. The van der Waals surface area contributed by atoms with Gasteiger partial charge in [-0.05, 0) is 32.3 Å². The number of hydrogen-bond acceptors (Lipinski definition) is 2. The average Bonchev–Trinajstić information content (AvgIpc) is 2.80. The lowest BCUT2D eigenvalue weighted by Gasteiger charge is -2.08. The molecule has 1 aliphatic rings. The smallest absolute Gasteiger partial charge is 0.145 e. The van der Waals surface area contributed by atoms with E-state index >= 15 is 0 Å². The van der Waals surface area contributed by atoms with Gasteiger partial charge in [0.25, 0.3) is 0 Å². The van der Waals surface area contributed by atoms with Crippen LogP contribution in [0.15, 0.2) is 18.2 Å². The quantitative estimate of drug-likeness (QED) is 0.787. The Morgan fingerprint density at radius 2 is 1.78 bits per heavy atom. The molecule has 0 N–H and O–H groups in total. The van der Waals surface area contributed by atoms with Crippen molar-refractivity contribution < 1.29 is 4.79 Å². The van der Waals surface area contributed by atoms with Gasteiger partial charge in [-0.2, -0.15) is 0 Å². The van der Waals surface area contributed by atoms with E-state index in [9.17, 15) is 4.79 Å². The number of hydrogen-bond donors (Lipinski definition) is 0. The van der Waals surface area contributed by atoms with Crippen molar-refractivity contribution in [2.45, 2.75) is 45.3 Å². The fourth-order valence-corrected chi connectivity index (χ4v) is 3.73. The highest BCUT2D eigenvalue weighted by atomic mass is 32.2. The number of thioether (sulfide) groups is 1. The minimum absolute atomic E-state index is 0.372. The summed E-state index contributed by atoms with van der Waals surface area (Å²) in [6, 6.07) is 6.64. The number of carbonyl (C=O) groups excluding carboxylic acids is 1. The van der Waals surface area contributed by atoms with Gasteiger partial charge in [-0.25, -0.2) is 0 Å². The van der Waals surface area contributed by atoms with Crippen molar-refractivity contribution in [1.82, 2.24) is 0 Å². The first kappa shape index (κ1) is 13.7. The lowest BCUT2D eigenvalue weighted by atomic mass is 10.0. The summed E-state index contributed by atoms with van der Waals surface area (Å²) in [5.74, 6) is 2.50. The van der Waals surface area contributed by atoms with Crippen molar-refractivity contribution in [3.05, 3.63) is 34.9 Å². The summed E-state index contributed by atoms with van der Waals surface area (Å²) < 4.78 is 0. The Balaban J connectivity index is 1.79. The van der Waals surface area contributed by atoms with E-state index in [2.05, 4.69) is 32.0 Å². The van der Waals surface area contributed by atoms with Crippen molar-refractivity contribution in [3.63, 3.8) is 0 Å². The zero-order valence-electron chi connectivity index (χ0n) is 11.4. The molecule has 1 fully saturated rings. The Labute approximate surface area is 114 Å². The van der Waals surface area contributed by atoms with Crippen molar-refractivity contribution in [2.24, 2.45) is 5.92 Å². The molecule has 0 atom stereocenters. The maximum absolute atomic E-state index is 11.9. The van der Waals surface area contributed by atoms with Crippen molar-refractivity contribution in [1.29, 1.82) is 0 Å². The second-order valence-electron chi connectivity index (χ2n) is 5.44. The molecule has 2 heteroatoms. The number of benzene rings is 1. The normalized spacial score (nSPS) is 16.1. The van der Waals surface area contributed by atoms with Gasteiger partial charge >= 0.3 is 0 Å². The molecule has 0 heterocycles. The third kappa shape index (κ3) is 3.88. The van der Waals surface area contributed by atoms with Crippen LogP contribution in [0, 0.1) is 19.8 Å². The van der Waals surface area contributed by atoms with Crippen LogP contribution in [0.5, 0.6) is 0 Å². The van der Waals surface area contributed by atoms with Crippen LogP contribution in [-0.2, 0) is 10.5 Å². The molecule has 0 aromatic heterocycles. The highest BCUT2D eigenvalue weighted by molar-refractivity contribution is 7.99. The van der Waals surface area contributed by atoms with Gasteiger partial charge in [-0.15, -0.1) is 11.8 Å². The standard InChI is InChI=1S/C16H22OS/c1-12-7-13(2)9-14(8-12)10-18-11-16(17)15-5-3-4-6-15/h7-9,15H,3-6,10-11H2,1-2H3. The Morgan fingerprint density at radius 1 is 1.17 bits per heavy atom. The van der Waals surface area contributed by atoms with Crippen molar-refractivity contribution >= 4 is 17.5 Å². The summed E-state index contributed by atoms with van der Waals surface area (Å²) in [7, 11) is 0. The minimum Gasteiger partial charge on any atom is -0.298 e. The highest BCUT2D eigenvalue weighted by Crippen LogP contribution is 2.27. The maximum atomic E-state index is 11.9. The largest absolute Gasteiger partial charge is 0.298 e. The number of carbonyl (C=O) groups is 1. The summed E-state index contributed by atoms with van der Waals surface area (Å²) in [5.41, 5.74) is 3.97. The van der Waals surface area contributed by atoms with Gasteiger partial charge in [0.1, 0.15) is 5.78 Å². The average molecular weight is 262 g/mol. The number of Topliss-reactive ketones (excluding diaryl/α,β-unsaturated/α-hetero) is 1. The van der Waals surface area contributed by atoms with E-state index in [1.807, 2.05) is 0 Å². The summed E-state index contributed by atoms with van der Waals surface area (Å²) >= 11 is 1.77. The molecule has 1 nitrogen and oxygen atoms in total. The zero-order chi connectivity index (χ0) is 13.0. The Morgan fingerprint density at radius 3 is 2.39 bits per heavy atom. The topological polar surface area (TPSA) is 17.1 Å². The molecule has 0 radical (unpaired) electrons. The van der Waals surface area contributed by atoms with Crippen LogP contribution in [0.4, 0.5) is 0 Å². The Kier molecular flexibility index (Phi) is 4.87. The first-order valence-corrected chi connectivity index (χ1v) is 7.98. The molecule has 0 aliphatic heterocycles. The molecule has 18 heavy (non-hydrogen) atoms. The van der Waals surface area contributed by atoms with Crippen LogP contribution >= 0.6 is 11.8 Å². The summed E-state index contributed by atoms with van der Waals surface area (Å²) in [6.45, 7) is 4.26. The van der Waals surface area contributed by atoms with Gasteiger partial charge in [0.2, 0.25) is 0 Å². The molecule has 0 bridgehead atoms. The van der Waals surface area contributed by atoms with Crippen LogP contribution in [0.25, 0.3) is 0 Å². The molecule has 1 saturated carbocycles. The second-order valence-corrected chi connectivity index (χ2v) is 6.42. The molecule has 0 amide bonds. The van der Waals surface area contributed by atoms with Gasteiger partial charge in [0.05, 0.1) is 5.75 Å². The molecule has 1 aromatic rings. The van der Waals surface area contributed by atoms with Crippen LogP contribution in [0.2, 0.25) is 0 Å². The van der Waals surface area contributed by atoms with E-state index in [0.717, 1.165) is 18.6 Å². The zero-order valence-corrected chi connectivity index (χ0v) is 12.2. The molecule has 98 valence electrons. The van der Waals surface area contributed by atoms with E-state index in [4.69, 9.17) is 0 Å². The maximum Gasteiger partial charge on any atom is 0.145 e. The van der Waals surface area contributed by atoms with E-state index in [1.165, 1.54) is 29.5 Å². The van der Waals surface area contributed by atoms with Crippen molar-refractivity contribution in [2.75, 3.05) is 5.75 Å². The third-order valence-electron chi connectivity index (χ3n) is 3.61. The van der Waals surface area contributed by atoms with Gasteiger partial charge in [0.15, 0.2) is 0 Å². The molecule has 0 unspecified atom stereocenters. The number of ketones is 1. The number of aryl methyl sites for hydroxylation is 2. The van der Waals surface area contributed by atoms with E-state index in [1.54, 1.807) is 11.8 Å². The summed E-state index contributed by atoms with van der Waals surface area (Å²) in [6.07, 6.45) is 4.75. The fourth-order valence-electron chi connectivity index (χ4n) is 2.79. The molecular weight excluding hydrogens is 240 g/mol. The lowest BCUT2D eigenvalue weighted by Crippen LogP contribution is -2.13. The van der Waals surface area contributed by atoms with Gasteiger partial charge < -0.3 is 0 Å². The second kappa shape index (κ2) is 6.42. The summed E-state index contributed by atoms with van der Waals surface area (Å²) in [5, 5.41) is 0. The SMILES string of the molecule is Cc1cc(C)cc(CSCC(=O)C2CCCC2)c1. The van der Waals surface area contributed by atoms with Crippen LogP contribution in [0.3, 0.4) is 0 Å². The first-order chi connectivity index (χ1) is 8.65. The molecule has 0 saturated heterocycles. The molecule has 2 rings (SSSR count). The van der Waals surface area contributed by atoms with Crippen molar-refractivity contribution in [3.8, 4) is 0 Å². The van der Waals surface area contributed by atoms with Gasteiger partial charge in [-0.3, -0.25) is 4.79 Å². The predicted octanol–water partition coefficient (Wildman–Crippen LogP) is 4.30. The predicted molar refractivity (Wildman–Crippen MR) is 79.0 cm³/mol. The molecular formula is C16H22OS. The number of rotatable bonds is 5. The lowest BCUT2D eigenvalue weighted by molar-refractivity contribution is -0.120. The van der Waals surface area contributed by atoms with Gasteiger partial charge in [0, 0.05) is 11.7 Å². The van der Waals surface area contributed by atoms with Gasteiger partial charge in [-0.1, -0.05) is 42.2 Å². The van der Waals surface area contributed by atoms with E-state index in [-0.39, 0.29) is 0 Å². The first-order valence-electron chi connectivity index (χ1n) is 6.83. The van der Waals surface area contributed by atoms with Crippen LogP contribution in [0.1, 0.15) is 42.4 Å². The Hall–Kier alpha value is -0.760. The van der Waals surface area contributed by atoms with Crippen LogP contribution < -0.4 is 0 Å².